The molecule has 262 valence electrons. The van der Waals surface area contributed by atoms with Crippen molar-refractivity contribution in [3.05, 3.63) is 194 Å². The first-order chi connectivity index (χ1) is 27.7. The molecular formula is C51H32N4S. The predicted molar refractivity (Wildman–Crippen MR) is 234 cm³/mol. The fourth-order valence-corrected chi connectivity index (χ4v) is 9.13. The van der Waals surface area contributed by atoms with Crippen molar-refractivity contribution in [3.63, 3.8) is 0 Å². The molecule has 3 aromatic heterocycles. The Bertz CT molecular complexity index is 3180. The topological polar surface area (TPSA) is 43.6 Å². The summed E-state index contributed by atoms with van der Waals surface area (Å²) >= 11 is 1.84. The Morgan fingerprint density at radius 3 is 1.62 bits per heavy atom. The highest BCUT2D eigenvalue weighted by Crippen LogP contribution is 2.43. The van der Waals surface area contributed by atoms with E-state index >= 15 is 0 Å². The molecule has 0 radical (unpaired) electrons. The Morgan fingerprint density at radius 1 is 0.339 bits per heavy atom. The number of para-hydroxylation sites is 2. The van der Waals surface area contributed by atoms with E-state index in [4.69, 9.17) is 15.0 Å². The van der Waals surface area contributed by atoms with Crippen molar-refractivity contribution in [1.82, 2.24) is 19.5 Å². The van der Waals surface area contributed by atoms with Gasteiger partial charge < -0.3 is 4.57 Å². The lowest BCUT2D eigenvalue weighted by Gasteiger charge is -2.10. The van der Waals surface area contributed by atoms with Gasteiger partial charge in [-0.3, -0.25) is 0 Å². The number of nitrogens with zero attached hydrogens (tertiary/aromatic N) is 4. The van der Waals surface area contributed by atoms with Crippen LogP contribution < -0.4 is 0 Å². The fraction of sp³-hybridized carbons (Fsp3) is 0. The quantitative estimate of drug-likeness (QED) is 0.171. The van der Waals surface area contributed by atoms with Crippen LogP contribution in [0.4, 0.5) is 0 Å². The van der Waals surface area contributed by atoms with E-state index in [2.05, 4.69) is 138 Å². The molecule has 0 bridgehead atoms. The van der Waals surface area contributed by atoms with E-state index in [0.717, 1.165) is 27.9 Å². The smallest absolute Gasteiger partial charge is 0.164 e. The highest BCUT2D eigenvalue weighted by molar-refractivity contribution is 7.26. The van der Waals surface area contributed by atoms with E-state index in [9.17, 15) is 0 Å². The molecule has 0 amide bonds. The molecule has 3 heterocycles. The van der Waals surface area contributed by atoms with Crippen LogP contribution in [0.1, 0.15) is 0 Å². The minimum Gasteiger partial charge on any atom is -0.309 e. The summed E-state index contributed by atoms with van der Waals surface area (Å²) in [5.74, 6) is 1.95. The highest BCUT2D eigenvalue weighted by atomic mass is 32.1. The van der Waals surface area contributed by atoms with Gasteiger partial charge in [-0.2, -0.15) is 0 Å². The van der Waals surface area contributed by atoms with Crippen molar-refractivity contribution in [1.29, 1.82) is 0 Å². The summed E-state index contributed by atoms with van der Waals surface area (Å²) in [4.78, 5) is 14.9. The summed E-state index contributed by atoms with van der Waals surface area (Å²) < 4.78 is 4.90. The van der Waals surface area contributed by atoms with E-state index in [0.29, 0.717) is 17.5 Å². The Hall–Kier alpha value is -7.21. The third kappa shape index (κ3) is 5.48. The van der Waals surface area contributed by atoms with E-state index in [1.54, 1.807) is 0 Å². The maximum Gasteiger partial charge on any atom is 0.164 e. The maximum absolute atomic E-state index is 5.02. The lowest BCUT2D eigenvalue weighted by atomic mass is 9.96. The van der Waals surface area contributed by atoms with Gasteiger partial charge in [-0.25, -0.2) is 15.0 Å². The summed E-state index contributed by atoms with van der Waals surface area (Å²) in [6.07, 6.45) is 0. The van der Waals surface area contributed by atoms with Crippen LogP contribution in [-0.4, -0.2) is 19.5 Å². The van der Waals surface area contributed by atoms with Crippen LogP contribution in [0.25, 0.3) is 104 Å². The van der Waals surface area contributed by atoms with Gasteiger partial charge in [0.1, 0.15) is 0 Å². The van der Waals surface area contributed by atoms with Crippen LogP contribution in [0.5, 0.6) is 0 Å². The van der Waals surface area contributed by atoms with E-state index < -0.39 is 0 Å². The van der Waals surface area contributed by atoms with E-state index in [1.165, 1.54) is 58.7 Å². The third-order valence-electron chi connectivity index (χ3n) is 10.6. The largest absolute Gasteiger partial charge is 0.309 e. The summed E-state index contributed by atoms with van der Waals surface area (Å²) in [6.45, 7) is 0. The molecule has 8 aromatic carbocycles. The highest BCUT2D eigenvalue weighted by Gasteiger charge is 2.17. The van der Waals surface area contributed by atoms with Gasteiger partial charge in [-0.15, -0.1) is 11.3 Å². The zero-order chi connectivity index (χ0) is 37.0. The Balaban J connectivity index is 1.04. The molecule has 0 saturated heterocycles. The normalized spacial score (nSPS) is 11.6. The van der Waals surface area contributed by atoms with Crippen LogP contribution in [0.2, 0.25) is 0 Å². The van der Waals surface area contributed by atoms with Crippen LogP contribution in [0.3, 0.4) is 0 Å². The lowest BCUT2D eigenvalue weighted by Crippen LogP contribution is -2.00. The molecule has 0 unspecified atom stereocenters. The van der Waals surface area contributed by atoms with Gasteiger partial charge in [0.05, 0.1) is 11.0 Å². The number of aromatic nitrogens is 4. The van der Waals surface area contributed by atoms with E-state index in [1.807, 2.05) is 72.0 Å². The molecule has 11 rings (SSSR count). The molecule has 56 heavy (non-hydrogen) atoms. The maximum atomic E-state index is 5.02. The van der Waals surface area contributed by atoms with Crippen molar-refractivity contribution in [3.8, 4) is 62.1 Å². The SMILES string of the molecule is c1ccc(-c2nc(-c3ccccc3)nc(-c3cccc(-c4cccc5sc6ccc(-c7ccc8c(c7)c7ccccc7n8-c7ccccc7)cc6c45)c3)n2)cc1. The monoisotopic (exact) mass is 732 g/mol. The number of benzene rings is 8. The number of fused-ring (bicyclic) bond motifs is 6. The summed E-state index contributed by atoms with van der Waals surface area (Å²) in [5, 5.41) is 5.02. The second-order valence-corrected chi connectivity index (χ2v) is 15.1. The van der Waals surface area contributed by atoms with Gasteiger partial charge in [0.15, 0.2) is 17.5 Å². The van der Waals surface area contributed by atoms with Gasteiger partial charge in [-0.05, 0) is 76.9 Å². The van der Waals surface area contributed by atoms with Gasteiger partial charge in [-0.1, -0.05) is 140 Å². The molecular weight excluding hydrogens is 701 g/mol. The third-order valence-corrected chi connectivity index (χ3v) is 11.8. The second-order valence-electron chi connectivity index (χ2n) is 14.0. The molecule has 0 atom stereocenters. The van der Waals surface area contributed by atoms with E-state index in [-0.39, 0.29) is 0 Å². The molecule has 0 N–H and O–H groups in total. The summed E-state index contributed by atoms with van der Waals surface area (Å²) in [5.41, 5.74) is 11.1. The first kappa shape index (κ1) is 32.2. The minimum atomic E-state index is 0.646. The van der Waals surface area contributed by atoms with Gasteiger partial charge in [0, 0.05) is 53.3 Å². The Morgan fingerprint density at radius 2 is 0.893 bits per heavy atom. The number of hydrogen-bond donors (Lipinski definition) is 0. The lowest BCUT2D eigenvalue weighted by molar-refractivity contribution is 1.07. The molecule has 0 aliphatic rings. The van der Waals surface area contributed by atoms with Crippen LogP contribution in [-0.2, 0) is 0 Å². The van der Waals surface area contributed by atoms with Crippen molar-refractivity contribution in [2.24, 2.45) is 0 Å². The van der Waals surface area contributed by atoms with Crippen LogP contribution in [0.15, 0.2) is 194 Å². The number of thiophene rings is 1. The molecule has 11 aromatic rings. The molecule has 4 nitrogen and oxygen atoms in total. The molecule has 0 spiro atoms. The molecule has 0 saturated carbocycles. The van der Waals surface area contributed by atoms with Crippen molar-refractivity contribution < 1.29 is 0 Å². The summed E-state index contributed by atoms with van der Waals surface area (Å²) in [6, 6.07) is 68.7. The minimum absolute atomic E-state index is 0.646. The zero-order valence-corrected chi connectivity index (χ0v) is 31.0. The first-order valence-electron chi connectivity index (χ1n) is 18.8. The van der Waals surface area contributed by atoms with Gasteiger partial charge >= 0.3 is 0 Å². The average molecular weight is 733 g/mol. The first-order valence-corrected chi connectivity index (χ1v) is 19.6. The molecule has 5 heteroatoms. The zero-order valence-electron chi connectivity index (χ0n) is 30.2. The van der Waals surface area contributed by atoms with Crippen LogP contribution >= 0.6 is 11.3 Å². The Kier molecular flexibility index (Phi) is 7.64. The predicted octanol–water partition coefficient (Wildman–Crippen LogP) is 13.7. The standard InChI is InChI=1S/C51H32N4S/c1-4-14-33(15-5-1)49-52-50(34-16-6-2-7-17-34)54-51(53-49)38-19-12-18-37(30-38)40-23-13-25-47-48(40)43-32-36(27-29-46(43)56-47)35-26-28-45-42(31-35)41-22-10-11-24-44(41)55(45)39-20-8-3-9-21-39/h1-32H. The molecule has 0 aliphatic heterocycles. The fourth-order valence-electron chi connectivity index (χ4n) is 8.02. The number of hydrogen-bond acceptors (Lipinski definition) is 4. The molecule has 0 aliphatic carbocycles. The van der Waals surface area contributed by atoms with Crippen molar-refractivity contribution in [2.75, 3.05) is 0 Å². The van der Waals surface area contributed by atoms with Gasteiger partial charge in [0.2, 0.25) is 0 Å². The van der Waals surface area contributed by atoms with Crippen molar-refractivity contribution in [2.45, 2.75) is 0 Å². The Labute approximate surface area is 327 Å². The second kappa shape index (κ2) is 13.3. The average Bonchev–Trinajstić information content (AvgIpc) is 3.82. The number of rotatable bonds is 6. The van der Waals surface area contributed by atoms with Gasteiger partial charge in [0.25, 0.3) is 0 Å². The van der Waals surface area contributed by atoms with Crippen molar-refractivity contribution >= 4 is 53.3 Å². The summed E-state index contributed by atoms with van der Waals surface area (Å²) in [7, 11) is 0. The van der Waals surface area contributed by atoms with Crippen LogP contribution in [0, 0.1) is 0 Å². The molecule has 0 fully saturated rings.